The Kier molecular flexibility index (Phi) is 6.61. The quantitative estimate of drug-likeness (QED) is 0.708. The van der Waals surface area contributed by atoms with Crippen molar-refractivity contribution >= 4 is 0 Å². The van der Waals surface area contributed by atoms with Gasteiger partial charge >= 0.3 is 0 Å². The topological polar surface area (TPSA) is 24.5 Å². The molecule has 0 aromatic rings. The van der Waals surface area contributed by atoms with Crippen LogP contribution in [0.1, 0.15) is 47.5 Å². The molecule has 108 valence electrons. The summed E-state index contributed by atoms with van der Waals surface area (Å²) in [4.78, 5) is 2.63. The second-order valence-electron chi connectivity index (χ2n) is 5.87. The van der Waals surface area contributed by atoms with E-state index in [1.54, 1.807) is 0 Å². The molecule has 1 aliphatic rings. The average molecular weight is 256 g/mol. The summed E-state index contributed by atoms with van der Waals surface area (Å²) in [6, 6.07) is 0.635. The molecule has 1 fully saturated rings. The van der Waals surface area contributed by atoms with Gasteiger partial charge < -0.3 is 10.1 Å². The molecule has 0 bridgehead atoms. The van der Waals surface area contributed by atoms with E-state index in [9.17, 15) is 0 Å². The van der Waals surface area contributed by atoms with Crippen molar-refractivity contribution in [2.45, 2.75) is 59.0 Å². The normalized spacial score (nSPS) is 31.5. The van der Waals surface area contributed by atoms with Gasteiger partial charge in [-0.2, -0.15) is 0 Å². The molecule has 3 nitrogen and oxygen atoms in total. The molecular formula is C15H32N2O. The lowest BCUT2D eigenvalue weighted by Gasteiger charge is -2.49. The van der Waals surface area contributed by atoms with Crippen molar-refractivity contribution in [1.82, 2.24) is 10.2 Å². The van der Waals surface area contributed by atoms with Crippen LogP contribution in [0.2, 0.25) is 0 Å². The highest BCUT2D eigenvalue weighted by Crippen LogP contribution is 2.25. The van der Waals surface area contributed by atoms with Gasteiger partial charge in [0.1, 0.15) is 0 Å². The predicted octanol–water partition coefficient (Wildman–Crippen LogP) is 2.51. The molecule has 0 aromatic heterocycles. The minimum absolute atomic E-state index is 0.293. The van der Waals surface area contributed by atoms with Gasteiger partial charge in [-0.25, -0.2) is 0 Å². The van der Waals surface area contributed by atoms with Crippen molar-refractivity contribution < 1.29 is 4.74 Å². The molecule has 1 rings (SSSR count). The summed E-state index contributed by atoms with van der Waals surface area (Å²) >= 11 is 0. The lowest BCUT2D eigenvalue weighted by atomic mass is 9.88. The minimum atomic E-state index is 0.293. The molecule has 0 spiro atoms. The van der Waals surface area contributed by atoms with Gasteiger partial charge in [-0.05, 0) is 26.2 Å². The summed E-state index contributed by atoms with van der Waals surface area (Å²) in [5.41, 5.74) is 0.293. The lowest BCUT2D eigenvalue weighted by molar-refractivity contribution is 0.0106. The number of hydrogen-bond donors (Lipinski definition) is 1. The molecule has 0 aromatic carbocycles. The van der Waals surface area contributed by atoms with Crippen LogP contribution in [-0.4, -0.2) is 49.3 Å². The zero-order chi connectivity index (χ0) is 13.6. The fraction of sp³-hybridized carbons (Fsp3) is 1.00. The maximum Gasteiger partial charge on any atom is 0.0593 e. The van der Waals surface area contributed by atoms with Gasteiger partial charge in [0, 0.05) is 37.8 Å². The van der Waals surface area contributed by atoms with Crippen LogP contribution in [-0.2, 0) is 4.74 Å². The zero-order valence-corrected chi connectivity index (χ0v) is 13.0. The van der Waals surface area contributed by atoms with Crippen molar-refractivity contribution in [3.8, 4) is 0 Å². The van der Waals surface area contributed by atoms with Crippen LogP contribution in [0.25, 0.3) is 0 Å². The Morgan fingerprint density at radius 3 is 2.67 bits per heavy atom. The van der Waals surface area contributed by atoms with E-state index in [2.05, 4.69) is 44.8 Å². The first-order valence-corrected chi connectivity index (χ1v) is 7.63. The Labute approximate surface area is 113 Å². The van der Waals surface area contributed by atoms with E-state index in [1.165, 1.54) is 12.8 Å². The Bertz CT molecular complexity index is 235. The molecule has 1 saturated heterocycles. The molecule has 1 aliphatic heterocycles. The summed E-state index contributed by atoms with van der Waals surface area (Å²) in [5.74, 6) is 0.751. The molecule has 1 heterocycles. The molecule has 0 saturated carbocycles. The van der Waals surface area contributed by atoms with Crippen molar-refractivity contribution in [2.75, 3.05) is 32.8 Å². The molecular weight excluding hydrogens is 224 g/mol. The first kappa shape index (κ1) is 15.9. The maximum atomic E-state index is 5.53. The van der Waals surface area contributed by atoms with Gasteiger partial charge in [-0.3, -0.25) is 4.90 Å². The van der Waals surface area contributed by atoms with Crippen molar-refractivity contribution in [1.29, 1.82) is 0 Å². The van der Waals surface area contributed by atoms with Crippen LogP contribution in [0.4, 0.5) is 0 Å². The molecule has 3 unspecified atom stereocenters. The first-order valence-electron chi connectivity index (χ1n) is 7.63. The molecule has 3 atom stereocenters. The van der Waals surface area contributed by atoms with Crippen LogP contribution in [0.3, 0.4) is 0 Å². The van der Waals surface area contributed by atoms with E-state index in [0.717, 1.165) is 38.8 Å². The number of hydrogen-bond acceptors (Lipinski definition) is 3. The standard InChI is InChI=1S/C15H32N2O/c1-6-13(4)14-11-17(9-10-18-8-3)15(5,7-2)12-16-14/h13-14,16H,6-12H2,1-5H3. The Morgan fingerprint density at radius 1 is 1.39 bits per heavy atom. The van der Waals surface area contributed by atoms with E-state index in [1.807, 2.05) is 0 Å². The van der Waals surface area contributed by atoms with Gasteiger partial charge in [0.15, 0.2) is 0 Å². The number of rotatable bonds is 7. The van der Waals surface area contributed by atoms with E-state index in [0.29, 0.717) is 11.6 Å². The minimum Gasteiger partial charge on any atom is -0.380 e. The van der Waals surface area contributed by atoms with Gasteiger partial charge in [-0.1, -0.05) is 27.2 Å². The Balaban J connectivity index is 2.58. The predicted molar refractivity (Wildman–Crippen MR) is 78.0 cm³/mol. The fourth-order valence-corrected chi connectivity index (χ4v) is 2.68. The number of nitrogens with zero attached hydrogens (tertiary/aromatic N) is 1. The Morgan fingerprint density at radius 2 is 2.11 bits per heavy atom. The highest BCUT2D eigenvalue weighted by Gasteiger charge is 2.37. The van der Waals surface area contributed by atoms with Crippen LogP contribution in [0, 0.1) is 5.92 Å². The smallest absolute Gasteiger partial charge is 0.0593 e. The third kappa shape index (κ3) is 3.94. The number of piperazine rings is 1. The highest BCUT2D eigenvalue weighted by molar-refractivity contribution is 4.96. The third-order valence-electron chi connectivity index (χ3n) is 4.73. The number of ether oxygens (including phenoxy) is 1. The second kappa shape index (κ2) is 7.46. The van der Waals surface area contributed by atoms with Crippen LogP contribution in [0.5, 0.6) is 0 Å². The molecule has 0 radical (unpaired) electrons. The summed E-state index contributed by atoms with van der Waals surface area (Å²) in [7, 11) is 0. The van der Waals surface area contributed by atoms with Crippen molar-refractivity contribution in [3.05, 3.63) is 0 Å². The van der Waals surface area contributed by atoms with Crippen LogP contribution >= 0.6 is 0 Å². The molecule has 0 amide bonds. The maximum absolute atomic E-state index is 5.53. The van der Waals surface area contributed by atoms with Gasteiger partial charge in [0.05, 0.1) is 6.61 Å². The summed E-state index contributed by atoms with van der Waals surface area (Å²) in [5, 5.41) is 3.75. The van der Waals surface area contributed by atoms with E-state index in [-0.39, 0.29) is 0 Å². The van der Waals surface area contributed by atoms with Gasteiger partial charge in [0.25, 0.3) is 0 Å². The van der Waals surface area contributed by atoms with Crippen LogP contribution < -0.4 is 5.32 Å². The van der Waals surface area contributed by atoms with Crippen molar-refractivity contribution in [3.63, 3.8) is 0 Å². The number of nitrogens with one attached hydrogen (secondary N) is 1. The van der Waals surface area contributed by atoms with Gasteiger partial charge in [0.2, 0.25) is 0 Å². The summed E-state index contributed by atoms with van der Waals surface area (Å²) in [6.07, 6.45) is 2.44. The first-order chi connectivity index (χ1) is 8.57. The second-order valence-corrected chi connectivity index (χ2v) is 5.87. The van der Waals surface area contributed by atoms with E-state index in [4.69, 9.17) is 4.74 Å². The SMILES string of the molecule is CCOCCN1CC(C(C)CC)NCC1(C)CC. The molecule has 3 heteroatoms. The molecule has 1 N–H and O–H groups in total. The monoisotopic (exact) mass is 256 g/mol. The zero-order valence-electron chi connectivity index (χ0n) is 13.0. The third-order valence-corrected chi connectivity index (χ3v) is 4.73. The summed E-state index contributed by atoms with van der Waals surface area (Å²) < 4.78 is 5.53. The van der Waals surface area contributed by atoms with Gasteiger partial charge in [-0.15, -0.1) is 0 Å². The fourth-order valence-electron chi connectivity index (χ4n) is 2.68. The largest absolute Gasteiger partial charge is 0.380 e. The van der Waals surface area contributed by atoms with E-state index < -0.39 is 0 Å². The average Bonchev–Trinajstić information content (AvgIpc) is 2.40. The van der Waals surface area contributed by atoms with E-state index >= 15 is 0 Å². The molecule has 0 aliphatic carbocycles. The molecule has 18 heavy (non-hydrogen) atoms. The van der Waals surface area contributed by atoms with Crippen molar-refractivity contribution in [2.24, 2.45) is 5.92 Å². The summed E-state index contributed by atoms with van der Waals surface area (Å²) in [6.45, 7) is 16.4. The highest BCUT2D eigenvalue weighted by atomic mass is 16.5. The Hall–Kier alpha value is -0.120. The van der Waals surface area contributed by atoms with Crippen LogP contribution in [0.15, 0.2) is 0 Å². The lowest BCUT2D eigenvalue weighted by Crippen LogP contribution is -2.64.